The molecule has 2 saturated heterocycles. The number of amides is 1. The molecule has 1 aromatic carbocycles. The number of carbonyl (C=O) groups is 1. The van der Waals surface area contributed by atoms with E-state index in [2.05, 4.69) is 10.3 Å². The second-order valence-corrected chi connectivity index (χ2v) is 10.4. The summed E-state index contributed by atoms with van der Waals surface area (Å²) in [5.74, 6) is -0.361. The Morgan fingerprint density at radius 1 is 1.12 bits per heavy atom. The van der Waals surface area contributed by atoms with Crippen molar-refractivity contribution in [2.24, 2.45) is 0 Å². The van der Waals surface area contributed by atoms with E-state index in [4.69, 9.17) is 4.74 Å². The summed E-state index contributed by atoms with van der Waals surface area (Å²) in [7, 11) is -3.65. The third-order valence-corrected chi connectivity index (χ3v) is 7.92. The number of hydrogen-bond donors (Lipinski definition) is 0. The highest BCUT2D eigenvalue weighted by Crippen LogP contribution is 2.21. The zero-order valence-corrected chi connectivity index (χ0v) is 20.0. The van der Waals surface area contributed by atoms with Gasteiger partial charge >= 0.3 is 0 Å². The molecule has 2 aromatic rings. The van der Waals surface area contributed by atoms with Crippen LogP contribution in [0, 0.1) is 17.0 Å². The summed E-state index contributed by atoms with van der Waals surface area (Å²) < 4.78 is 36.0. The second-order valence-electron chi connectivity index (χ2n) is 8.49. The highest BCUT2D eigenvalue weighted by Gasteiger charge is 2.38. The summed E-state index contributed by atoms with van der Waals surface area (Å²) in [5.41, 5.74) is 0.889. The Bertz CT molecular complexity index is 1180. The topological polar surface area (TPSA) is 144 Å². The molecule has 34 heavy (non-hydrogen) atoms. The zero-order valence-electron chi connectivity index (χ0n) is 19.2. The molecule has 0 saturated carbocycles. The molecule has 2 unspecified atom stereocenters. The van der Waals surface area contributed by atoms with Crippen LogP contribution in [0.1, 0.15) is 30.0 Å². The molecule has 0 bridgehead atoms. The third kappa shape index (κ3) is 4.66. The van der Waals surface area contributed by atoms with Gasteiger partial charge in [0.1, 0.15) is 0 Å². The van der Waals surface area contributed by atoms with Crippen LogP contribution in [0.5, 0.6) is 0 Å². The molecule has 0 radical (unpaired) electrons. The lowest BCUT2D eigenvalue weighted by molar-refractivity contribution is -0.384. The number of piperazine rings is 1. The average molecular weight is 494 g/mol. The minimum absolute atomic E-state index is 0.0957. The van der Waals surface area contributed by atoms with E-state index in [1.54, 1.807) is 17.9 Å². The van der Waals surface area contributed by atoms with E-state index in [9.17, 15) is 23.3 Å². The van der Waals surface area contributed by atoms with Gasteiger partial charge in [0.25, 0.3) is 21.8 Å². The van der Waals surface area contributed by atoms with E-state index in [0.717, 1.165) is 0 Å². The summed E-state index contributed by atoms with van der Waals surface area (Å²) in [6, 6.07) is 5.89. The Balaban J connectivity index is 1.44. The van der Waals surface area contributed by atoms with Crippen molar-refractivity contribution in [3.63, 3.8) is 0 Å². The van der Waals surface area contributed by atoms with Gasteiger partial charge in [-0.2, -0.15) is 17.0 Å². The number of rotatable bonds is 5. The normalized spacial score (nSPS) is 22.6. The van der Waals surface area contributed by atoms with Crippen LogP contribution in [-0.4, -0.2) is 99.2 Å². The number of morpholine rings is 1. The summed E-state index contributed by atoms with van der Waals surface area (Å²) in [5, 5.41) is 19.1. The fourth-order valence-corrected chi connectivity index (χ4v) is 6.01. The molecule has 1 aromatic heterocycles. The molecular weight excluding hydrogens is 466 g/mol. The van der Waals surface area contributed by atoms with Gasteiger partial charge in [0.05, 0.1) is 28.5 Å². The van der Waals surface area contributed by atoms with Crippen molar-refractivity contribution < 1.29 is 22.9 Å². The minimum atomic E-state index is -3.65. The Morgan fingerprint density at radius 3 is 2.38 bits per heavy atom. The van der Waals surface area contributed by atoms with Crippen molar-refractivity contribution in [1.29, 1.82) is 0 Å². The first kappa shape index (κ1) is 24.2. The molecule has 0 aliphatic carbocycles. The molecule has 1 amide bonds. The number of carbonyl (C=O) groups excluding carboxylic acids is 1. The van der Waals surface area contributed by atoms with Crippen LogP contribution in [0.25, 0.3) is 5.69 Å². The van der Waals surface area contributed by atoms with Crippen molar-refractivity contribution >= 4 is 21.8 Å². The van der Waals surface area contributed by atoms with Crippen LogP contribution in [0.15, 0.2) is 24.3 Å². The lowest BCUT2D eigenvalue weighted by Crippen LogP contribution is -2.57. The van der Waals surface area contributed by atoms with Crippen LogP contribution >= 0.6 is 0 Å². The van der Waals surface area contributed by atoms with Crippen LogP contribution in [0.2, 0.25) is 0 Å². The van der Waals surface area contributed by atoms with Gasteiger partial charge < -0.3 is 9.64 Å². The van der Waals surface area contributed by atoms with E-state index in [0.29, 0.717) is 24.5 Å². The van der Waals surface area contributed by atoms with Gasteiger partial charge in [-0.05, 0) is 26.8 Å². The predicted octanol–water partition coefficient (Wildman–Crippen LogP) is 0.596. The number of benzene rings is 1. The Hall–Kier alpha value is -2.94. The summed E-state index contributed by atoms with van der Waals surface area (Å²) >= 11 is 0. The first-order chi connectivity index (χ1) is 16.1. The van der Waals surface area contributed by atoms with Gasteiger partial charge in [0, 0.05) is 51.4 Å². The molecule has 14 heteroatoms. The molecule has 2 fully saturated rings. The van der Waals surface area contributed by atoms with Crippen molar-refractivity contribution in [2.45, 2.75) is 33.0 Å². The third-order valence-electron chi connectivity index (χ3n) is 5.95. The second kappa shape index (κ2) is 9.37. The van der Waals surface area contributed by atoms with E-state index >= 15 is 0 Å². The number of ether oxygens (including phenoxy) is 1. The van der Waals surface area contributed by atoms with Crippen LogP contribution in [0.3, 0.4) is 0 Å². The van der Waals surface area contributed by atoms with Gasteiger partial charge in [-0.3, -0.25) is 14.9 Å². The van der Waals surface area contributed by atoms with Crippen LogP contribution in [0.4, 0.5) is 5.69 Å². The minimum Gasteiger partial charge on any atom is -0.373 e. The summed E-state index contributed by atoms with van der Waals surface area (Å²) in [6.45, 7) is 6.73. The van der Waals surface area contributed by atoms with E-state index in [-0.39, 0.29) is 55.7 Å². The number of aromatic nitrogens is 3. The van der Waals surface area contributed by atoms with Gasteiger partial charge in [-0.1, -0.05) is 11.3 Å². The number of non-ortho nitro benzene ring substituents is 1. The fourth-order valence-electron chi connectivity index (χ4n) is 4.26. The Morgan fingerprint density at radius 2 is 1.76 bits per heavy atom. The summed E-state index contributed by atoms with van der Waals surface area (Å²) in [4.78, 5) is 25.2. The SMILES string of the molecule is Cc1c(C(=O)N2CCN(S(=O)(=O)N3CC(C)OC(C)C3)CC2)nnn1-c1cccc([N+](=O)[O-])c1. The van der Waals surface area contributed by atoms with Crippen molar-refractivity contribution in [3.05, 3.63) is 45.8 Å². The highest BCUT2D eigenvalue weighted by molar-refractivity contribution is 7.86. The molecule has 2 atom stereocenters. The molecule has 4 rings (SSSR count). The smallest absolute Gasteiger partial charge is 0.282 e. The molecule has 2 aliphatic heterocycles. The van der Waals surface area contributed by atoms with Crippen molar-refractivity contribution in [3.8, 4) is 5.69 Å². The van der Waals surface area contributed by atoms with Gasteiger partial charge in [-0.15, -0.1) is 5.10 Å². The Labute approximate surface area is 197 Å². The van der Waals surface area contributed by atoms with E-state index in [1.807, 2.05) is 13.8 Å². The molecule has 0 N–H and O–H groups in total. The lowest BCUT2D eigenvalue weighted by Gasteiger charge is -2.40. The number of nitrogens with zero attached hydrogens (tertiary/aromatic N) is 7. The summed E-state index contributed by atoms with van der Waals surface area (Å²) in [6.07, 6.45) is -0.365. The number of nitro groups is 1. The monoisotopic (exact) mass is 493 g/mol. The first-order valence-corrected chi connectivity index (χ1v) is 12.3. The zero-order chi connectivity index (χ0) is 24.6. The predicted molar refractivity (Wildman–Crippen MR) is 121 cm³/mol. The van der Waals surface area contributed by atoms with Crippen molar-refractivity contribution in [2.75, 3.05) is 39.3 Å². The average Bonchev–Trinajstić information content (AvgIpc) is 3.19. The van der Waals surface area contributed by atoms with Crippen molar-refractivity contribution in [1.82, 2.24) is 28.5 Å². The fraction of sp³-hybridized carbons (Fsp3) is 0.550. The molecule has 2 aliphatic rings. The van der Waals surface area contributed by atoms with E-state index in [1.165, 1.54) is 31.5 Å². The van der Waals surface area contributed by atoms with E-state index < -0.39 is 15.1 Å². The molecule has 13 nitrogen and oxygen atoms in total. The van der Waals surface area contributed by atoms with Gasteiger partial charge in [0.2, 0.25) is 0 Å². The quantitative estimate of drug-likeness (QED) is 0.435. The molecule has 3 heterocycles. The molecule has 0 spiro atoms. The first-order valence-electron chi connectivity index (χ1n) is 10.9. The Kier molecular flexibility index (Phi) is 6.66. The maximum absolute atomic E-state index is 13.1. The lowest BCUT2D eigenvalue weighted by atomic mass is 10.2. The van der Waals surface area contributed by atoms with Crippen LogP contribution < -0.4 is 0 Å². The maximum Gasteiger partial charge on any atom is 0.282 e. The van der Waals surface area contributed by atoms with Gasteiger partial charge in [-0.25, -0.2) is 4.68 Å². The standard InChI is InChI=1S/C20H27N7O6S/c1-14-12-25(13-15(2)33-14)34(31,32)24-9-7-23(8-10-24)20(28)19-16(3)26(22-21-19)17-5-4-6-18(11-17)27(29)30/h4-6,11,14-15H,7-10,12-13H2,1-3H3. The largest absolute Gasteiger partial charge is 0.373 e. The van der Waals surface area contributed by atoms with Gasteiger partial charge in [0.15, 0.2) is 5.69 Å². The molecule has 184 valence electrons. The maximum atomic E-state index is 13.1. The van der Waals surface area contributed by atoms with Crippen LogP contribution in [-0.2, 0) is 14.9 Å². The number of hydrogen-bond acceptors (Lipinski definition) is 8. The highest BCUT2D eigenvalue weighted by atomic mass is 32.2. The number of nitro benzene ring substituents is 1. The molecular formula is C20H27N7O6S.